The van der Waals surface area contributed by atoms with Crippen molar-refractivity contribution in [1.82, 2.24) is 0 Å². The zero-order chi connectivity index (χ0) is 10.7. The minimum atomic E-state index is -0.724. The first-order chi connectivity index (χ1) is 7.23. The van der Waals surface area contributed by atoms with E-state index in [-0.39, 0.29) is 5.97 Å². The predicted molar refractivity (Wildman–Crippen MR) is 53.2 cm³/mol. The fourth-order valence-electron chi connectivity index (χ4n) is 2.03. The van der Waals surface area contributed by atoms with Gasteiger partial charge in [-0.25, -0.2) is 0 Å². The fourth-order valence-corrected chi connectivity index (χ4v) is 2.03. The fraction of sp³-hybridized carbons (Fsp3) is 0.727. The summed E-state index contributed by atoms with van der Waals surface area (Å²) in [6.45, 7) is 2.60. The number of hydrogen-bond acceptors (Lipinski definition) is 4. The second-order valence-electron chi connectivity index (χ2n) is 3.89. The standard InChI is InChI=1S/C11H16O4/c1-9(12)15-10-5-4-8-14-11(10)6-2-3-7-13-11/h4-5,10H,2-3,6-8H2,1H3/t10-,11-/m0/s1. The Morgan fingerprint density at radius 2 is 2.33 bits per heavy atom. The van der Waals surface area contributed by atoms with Crippen molar-refractivity contribution < 1.29 is 19.0 Å². The van der Waals surface area contributed by atoms with Crippen molar-refractivity contribution in [2.75, 3.05) is 13.2 Å². The third-order valence-electron chi connectivity index (χ3n) is 2.73. The number of rotatable bonds is 1. The van der Waals surface area contributed by atoms with Crippen LogP contribution >= 0.6 is 0 Å². The first-order valence-electron chi connectivity index (χ1n) is 5.35. The number of carbonyl (C=O) groups excluding carboxylic acids is 1. The Balaban J connectivity index is 2.12. The van der Waals surface area contributed by atoms with E-state index in [0.29, 0.717) is 13.2 Å². The smallest absolute Gasteiger partial charge is 0.303 e. The minimum Gasteiger partial charge on any atom is -0.453 e. The van der Waals surface area contributed by atoms with Gasteiger partial charge in [-0.15, -0.1) is 0 Å². The van der Waals surface area contributed by atoms with E-state index in [2.05, 4.69) is 0 Å². The molecule has 0 aromatic rings. The molecule has 15 heavy (non-hydrogen) atoms. The van der Waals surface area contributed by atoms with Crippen LogP contribution < -0.4 is 0 Å². The largest absolute Gasteiger partial charge is 0.453 e. The van der Waals surface area contributed by atoms with E-state index in [9.17, 15) is 4.79 Å². The molecule has 2 aliphatic rings. The van der Waals surface area contributed by atoms with Crippen molar-refractivity contribution in [3.05, 3.63) is 12.2 Å². The number of esters is 1. The predicted octanol–water partition coefficient (Wildman–Crippen LogP) is 1.40. The quantitative estimate of drug-likeness (QED) is 0.487. The lowest BCUT2D eigenvalue weighted by molar-refractivity contribution is -0.292. The molecule has 2 atom stereocenters. The average molecular weight is 212 g/mol. The summed E-state index contributed by atoms with van der Waals surface area (Å²) in [7, 11) is 0. The minimum absolute atomic E-state index is 0.302. The first-order valence-corrected chi connectivity index (χ1v) is 5.35. The van der Waals surface area contributed by atoms with E-state index in [4.69, 9.17) is 14.2 Å². The summed E-state index contributed by atoms with van der Waals surface area (Å²) in [6, 6.07) is 0. The van der Waals surface area contributed by atoms with Crippen LogP contribution in [0, 0.1) is 0 Å². The van der Waals surface area contributed by atoms with Gasteiger partial charge in [0.05, 0.1) is 13.2 Å². The first kappa shape index (κ1) is 10.6. The van der Waals surface area contributed by atoms with Crippen LogP contribution in [0.3, 0.4) is 0 Å². The molecule has 0 aromatic carbocycles. The van der Waals surface area contributed by atoms with Gasteiger partial charge >= 0.3 is 5.97 Å². The zero-order valence-corrected chi connectivity index (χ0v) is 8.90. The third-order valence-corrected chi connectivity index (χ3v) is 2.73. The molecular weight excluding hydrogens is 196 g/mol. The summed E-state index contributed by atoms with van der Waals surface area (Å²) < 4.78 is 16.5. The zero-order valence-electron chi connectivity index (χ0n) is 8.90. The maximum Gasteiger partial charge on any atom is 0.303 e. The molecule has 2 aliphatic heterocycles. The van der Waals surface area contributed by atoms with Gasteiger partial charge in [0.25, 0.3) is 0 Å². The Hall–Kier alpha value is -0.870. The molecule has 2 heterocycles. The molecule has 4 nitrogen and oxygen atoms in total. The molecule has 0 aliphatic carbocycles. The second kappa shape index (κ2) is 4.33. The van der Waals surface area contributed by atoms with Crippen LogP contribution in [-0.4, -0.2) is 31.1 Å². The van der Waals surface area contributed by atoms with Gasteiger partial charge in [0.1, 0.15) is 0 Å². The van der Waals surface area contributed by atoms with Crippen molar-refractivity contribution in [3.8, 4) is 0 Å². The van der Waals surface area contributed by atoms with Crippen LogP contribution in [0.4, 0.5) is 0 Å². The molecule has 0 bridgehead atoms. The molecule has 0 N–H and O–H groups in total. The van der Waals surface area contributed by atoms with Gasteiger partial charge in [-0.1, -0.05) is 6.08 Å². The SMILES string of the molecule is CC(=O)O[C@H]1C=CCO[C@@]12CCCCO2. The van der Waals surface area contributed by atoms with E-state index in [1.807, 2.05) is 12.2 Å². The van der Waals surface area contributed by atoms with Crippen LogP contribution in [0.5, 0.6) is 0 Å². The molecular formula is C11H16O4. The highest BCUT2D eigenvalue weighted by Crippen LogP contribution is 2.34. The highest BCUT2D eigenvalue weighted by molar-refractivity contribution is 5.66. The van der Waals surface area contributed by atoms with Crippen molar-refractivity contribution in [3.63, 3.8) is 0 Å². The lowest BCUT2D eigenvalue weighted by atomic mass is 9.97. The van der Waals surface area contributed by atoms with E-state index in [1.165, 1.54) is 6.92 Å². The summed E-state index contributed by atoms with van der Waals surface area (Å²) in [6.07, 6.45) is 6.19. The number of carbonyl (C=O) groups is 1. The van der Waals surface area contributed by atoms with Crippen molar-refractivity contribution in [2.45, 2.75) is 38.1 Å². The van der Waals surface area contributed by atoms with Crippen LogP contribution in [0.25, 0.3) is 0 Å². The van der Waals surface area contributed by atoms with Crippen molar-refractivity contribution in [2.24, 2.45) is 0 Å². The Kier molecular flexibility index (Phi) is 3.07. The summed E-state index contributed by atoms with van der Waals surface area (Å²) in [5.74, 6) is -1.03. The molecule has 1 spiro atoms. The molecule has 0 aromatic heterocycles. The third kappa shape index (κ3) is 2.21. The summed E-state index contributed by atoms with van der Waals surface area (Å²) in [5.41, 5.74) is 0. The van der Waals surface area contributed by atoms with Gasteiger partial charge in [0.2, 0.25) is 5.79 Å². The number of hydrogen-bond donors (Lipinski definition) is 0. The molecule has 0 unspecified atom stereocenters. The topological polar surface area (TPSA) is 44.8 Å². The molecule has 1 fully saturated rings. The molecule has 0 radical (unpaired) electrons. The van der Waals surface area contributed by atoms with E-state index >= 15 is 0 Å². The maximum atomic E-state index is 11.0. The van der Waals surface area contributed by atoms with Crippen LogP contribution in [0.15, 0.2) is 12.2 Å². The van der Waals surface area contributed by atoms with Crippen molar-refractivity contribution in [1.29, 1.82) is 0 Å². The van der Waals surface area contributed by atoms with Gasteiger partial charge in [0, 0.05) is 13.3 Å². The molecule has 1 saturated heterocycles. The van der Waals surface area contributed by atoms with Gasteiger partial charge in [-0.05, 0) is 18.9 Å². The molecule has 0 saturated carbocycles. The van der Waals surface area contributed by atoms with E-state index in [0.717, 1.165) is 19.3 Å². The lowest BCUT2D eigenvalue weighted by Gasteiger charge is -2.42. The average Bonchev–Trinajstić information content (AvgIpc) is 2.23. The maximum absolute atomic E-state index is 11.0. The van der Waals surface area contributed by atoms with Crippen LogP contribution in [0.1, 0.15) is 26.2 Å². The van der Waals surface area contributed by atoms with E-state index in [1.54, 1.807) is 0 Å². The number of ether oxygens (including phenoxy) is 3. The Morgan fingerprint density at radius 1 is 1.47 bits per heavy atom. The highest BCUT2D eigenvalue weighted by atomic mass is 16.7. The van der Waals surface area contributed by atoms with Gasteiger partial charge in [0.15, 0.2) is 6.10 Å². The second-order valence-corrected chi connectivity index (χ2v) is 3.89. The Morgan fingerprint density at radius 3 is 3.00 bits per heavy atom. The van der Waals surface area contributed by atoms with Crippen LogP contribution in [0.2, 0.25) is 0 Å². The Labute approximate surface area is 89.2 Å². The Bertz CT molecular complexity index is 266. The van der Waals surface area contributed by atoms with Gasteiger partial charge in [-0.3, -0.25) is 4.79 Å². The molecule has 2 rings (SSSR count). The monoisotopic (exact) mass is 212 g/mol. The molecule has 0 amide bonds. The summed E-state index contributed by atoms with van der Waals surface area (Å²) >= 11 is 0. The highest BCUT2D eigenvalue weighted by Gasteiger charge is 2.44. The molecule has 4 heteroatoms. The lowest BCUT2D eigenvalue weighted by Crippen LogP contribution is -2.52. The normalized spacial score (nSPS) is 35.4. The summed E-state index contributed by atoms with van der Waals surface area (Å²) in [4.78, 5) is 11.0. The van der Waals surface area contributed by atoms with Gasteiger partial charge in [-0.2, -0.15) is 0 Å². The van der Waals surface area contributed by atoms with Crippen molar-refractivity contribution >= 4 is 5.97 Å². The van der Waals surface area contributed by atoms with E-state index < -0.39 is 11.9 Å². The van der Waals surface area contributed by atoms with Crippen LogP contribution in [-0.2, 0) is 19.0 Å². The molecule has 84 valence electrons. The summed E-state index contributed by atoms with van der Waals surface area (Å²) in [5, 5.41) is 0. The van der Waals surface area contributed by atoms with Gasteiger partial charge < -0.3 is 14.2 Å².